The number of hydrogen-bond acceptors (Lipinski definition) is 2. The van der Waals surface area contributed by atoms with Crippen LogP contribution in [0.4, 0.5) is 5.69 Å². The summed E-state index contributed by atoms with van der Waals surface area (Å²) in [7, 11) is 0. The van der Waals surface area contributed by atoms with E-state index in [1.807, 2.05) is 61.5 Å². The topological polar surface area (TPSA) is 49.4 Å². The van der Waals surface area contributed by atoms with Gasteiger partial charge in [-0.05, 0) is 30.2 Å². The van der Waals surface area contributed by atoms with Gasteiger partial charge in [-0.15, -0.1) is 0 Å². The quantitative estimate of drug-likeness (QED) is 0.881. The van der Waals surface area contributed by atoms with E-state index >= 15 is 0 Å². The van der Waals surface area contributed by atoms with Gasteiger partial charge < -0.3 is 10.2 Å². The predicted molar refractivity (Wildman–Crippen MR) is 85.3 cm³/mol. The molecule has 4 heteroatoms. The van der Waals surface area contributed by atoms with E-state index in [4.69, 9.17) is 0 Å². The molecule has 4 nitrogen and oxygen atoms in total. The Morgan fingerprint density at radius 3 is 2.50 bits per heavy atom. The third-order valence-corrected chi connectivity index (χ3v) is 3.85. The number of amides is 2. The Morgan fingerprint density at radius 2 is 1.91 bits per heavy atom. The molecule has 22 heavy (non-hydrogen) atoms. The summed E-state index contributed by atoms with van der Waals surface area (Å²) in [5.74, 6) is -0.155. The van der Waals surface area contributed by atoms with Gasteiger partial charge >= 0.3 is 0 Å². The minimum atomic E-state index is -0.567. The fraction of sp³-hybridized carbons (Fsp3) is 0.222. The minimum Gasteiger partial charge on any atom is -0.326 e. The molecule has 1 N–H and O–H groups in total. The van der Waals surface area contributed by atoms with Crippen LogP contribution in [-0.2, 0) is 9.59 Å². The average Bonchev–Trinajstić information content (AvgIpc) is 2.51. The lowest BCUT2D eigenvalue weighted by molar-refractivity contribution is -0.147. The van der Waals surface area contributed by atoms with Crippen LogP contribution in [0.1, 0.15) is 23.6 Å². The van der Waals surface area contributed by atoms with Crippen LogP contribution < -0.4 is 5.32 Å². The summed E-state index contributed by atoms with van der Waals surface area (Å²) in [6, 6.07) is 16.5. The van der Waals surface area contributed by atoms with Crippen molar-refractivity contribution >= 4 is 17.5 Å². The molecule has 1 fully saturated rings. The Bertz CT molecular complexity index is 697. The molecule has 1 saturated heterocycles. The molecule has 0 saturated carbocycles. The Morgan fingerprint density at radius 1 is 1.14 bits per heavy atom. The first-order chi connectivity index (χ1) is 10.6. The highest BCUT2D eigenvalue weighted by atomic mass is 16.2. The zero-order valence-electron chi connectivity index (χ0n) is 12.5. The number of rotatable bonds is 4. The number of carbonyl (C=O) groups is 2. The zero-order chi connectivity index (χ0) is 15.5. The number of likely N-dealkylation sites (tertiary alicyclic amines) is 1. The smallest absolute Gasteiger partial charge is 0.251 e. The van der Waals surface area contributed by atoms with Crippen molar-refractivity contribution in [3.63, 3.8) is 0 Å². The second-order valence-corrected chi connectivity index (χ2v) is 5.51. The van der Waals surface area contributed by atoms with E-state index in [1.165, 1.54) is 0 Å². The van der Waals surface area contributed by atoms with Crippen LogP contribution in [0.25, 0.3) is 0 Å². The molecule has 2 aromatic carbocycles. The number of aryl methyl sites for hydroxylation is 1. The van der Waals surface area contributed by atoms with E-state index in [9.17, 15) is 9.59 Å². The lowest BCUT2D eigenvalue weighted by atomic mass is 10.00. The van der Waals surface area contributed by atoms with Gasteiger partial charge in [0.15, 0.2) is 0 Å². The molecule has 3 rings (SSSR count). The van der Waals surface area contributed by atoms with Gasteiger partial charge in [-0.2, -0.15) is 0 Å². The van der Waals surface area contributed by atoms with Crippen molar-refractivity contribution in [3.05, 3.63) is 65.7 Å². The van der Waals surface area contributed by atoms with Gasteiger partial charge in [-0.3, -0.25) is 9.59 Å². The van der Waals surface area contributed by atoms with Crippen LogP contribution in [0, 0.1) is 6.92 Å². The highest BCUT2D eigenvalue weighted by Crippen LogP contribution is 2.28. The fourth-order valence-corrected chi connectivity index (χ4v) is 2.65. The average molecular weight is 294 g/mol. The molecule has 0 bridgehead atoms. The summed E-state index contributed by atoms with van der Waals surface area (Å²) < 4.78 is 0. The van der Waals surface area contributed by atoms with E-state index in [0.29, 0.717) is 13.0 Å². The molecular formula is C18H18N2O2. The normalized spacial score (nSPS) is 15.1. The number of hydrogen-bond donors (Lipinski definition) is 1. The first kappa shape index (κ1) is 14.3. The summed E-state index contributed by atoms with van der Waals surface area (Å²) in [6.45, 7) is 2.60. The van der Waals surface area contributed by atoms with Gasteiger partial charge in [0, 0.05) is 18.7 Å². The second-order valence-electron chi connectivity index (χ2n) is 5.51. The van der Waals surface area contributed by atoms with Gasteiger partial charge in [0.2, 0.25) is 5.91 Å². The first-order valence-electron chi connectivity index (χ1n) is 7.37. The van der Waals surface area contributed by atoms with Crippen molar-refractivity contribution in [1.82, 2.24) is 4.90 Å². The van der Waals surface area contributed by atoms with E-state index < -0.39 is 6.04 Å². The largest absolute Gasteiger partial charge is 0.326 e. The van der Waals surface area contributed by atoms with Crippen molar-refractivity contribution < 1.29 is 9.59 Å². The van der Waals surface area contributed by atoms with Gasteiger partial charge in [0.25, 0.3) is 5.91 Å². The minimum absolute atomic E-state index is 0.0215. The molecule has 0 spiro atoms. The van der Waals surface area contributed by atoms with Crippen LogP contribution in [0.5, 0.6) is 0 Å². The van der Waals surface area contributed by atoms with Crippen molar-refractivity contribution in [2.24, 2.45) is 0 Å². The number of nitrogens with one attached hydrogen (secondary N) is 1. The second kappa shape index (κ2) is 6.02. The van der Waals surface area contributed by atoms with E-state index in [-0.39, 0.29) is 11.8 Å². The molecular weight excluding hydrogens is 276 g/mol. The third kappa shape index (κ3) is 2.86. The molecule has 1 unspecified atom stereocenters. The van der Waals surface area contributed by atoms with Crippen LogP contribution in [0.3, 0.4) is 0 Å². The molecule has 0 aromatic heterocycles. The van der Waals surface area contributed by atoms with Crippen LogP contribution in [0.15, 0.2) is 54.6 Å². The summed E-state index contributed by atoms with van der Waals surface area (Å²) >= 11 is 0. The molecule has 1 heterocycles. The van der Waals surface area contributed by atoms with Crippen molar-refractivity contribution in [2.75, 3.05) is 11.9 Å². The standard InChI is InChI=1S/C18H18N2O2/c1-13-6-5-9-15(12-13)19-18(22)17(20-11-10-16(20)21)14-7-3-2-4-8-14/h2-9,12,17H,10-11H2,1H3,(H,19,22). The summed E-state index contributed by atoms with van der Waals surface area (Å²) in [6.07, 6.45) is 0.515. The molecule has 0 radical (unpaired) electrons. The Labute approximate surface area is 129 Å². The van der Waals surface area contributed by atoms with Crippen molar-refractivity contribution in [1.29, 1.82) is 0 Å². The fourth-order valence-electron chi connectivity index (χ4n) is 2.65. The molecule has 2 amide bonds. The number of nitrogens with zero attached hydrogens (tertiary/aromatic N) is 1. The third-order valence-electron chi connectivity index (χ3n) is 3.85. The number of benzene rings is 2. The van der Waals surface area contributed by atoms with Crippen LogP contribution >= 0.6 is 0 Å². The van der Waals surface area contributed by atoms with Crippen molar-refractivity contribution in [3.8, 4) is 0 Å². The maximum atomic E-state index is 12.7. The maximum Gasteiger partial charge on any atom is 0.251 e. The molecule has 2 aromatic rings. The molecule has 1 aliphatic heterocycles. The van der Waals surface area contributed by atoms with Crippen LogP contribution in [-0.4, -0.2) is 23.3 Å². The summed E-state index contributed by atoms with van der Waals surface area (Å²) in [5.41, 5.74) is 2.66. The number of carbonyl (C=O) groups excluding carboxylic acids is 2. The maximum absolute atomic E-state index is 12.7. The summed E-state index contributed by atoms with van der Waals surface area (Å²) in [5, 5.41) is 2.92. The van der Waals surface area contributed by atoms with Gasteiger partial charge in [-0.25, -0.2) is 0 Å². The van der Waals surface area contributed by atoms with Gasteiger partial charge in [0.1, 0.15) is 6.04 Å². The van der Waals surface area contributed by atoms with E-state index in [1.54, 1.807) is 4.90 Å². The predicted octanol–water partition coefficient (Wildman–Crippen LogP) is 2.91. The molecule has 1 aliphatic rings. The van der Waals surface area contributed by atoms with E-state index in [0.717, 1.165) is 16.8 Å². The SMILES string of the molecule is Cc1cccc(NC(=O)C(c2ccccc2)N2CCC2=O)c1. The van der Waals surface area contributed by atoms with Gasteiger partial charge in [0.05, 0.1) is 0 Å². The Balaban J connectivity index is 1.85. The molecule has 0 aliphatic carbocycles. The molecule has 112 valence electrons. The Hall–Kier alpha value is -2.62. The summed E-state index contributed by atoms with van der Waals surface area (Å²) in [4.78, 5) is 26.1. The number of anilines is 1. The van der Waals surface area contributed by atoms with Crippen molar-refractivity contribution in [2.45, 2.75) is 19.4 Å². The first-order valence-corrected chi connectivity index (χ1v) is 7.37. The monoisotopic (exact) mass is 294 g/mol. The Kier molecular flexibility index (Phi) is 3.92. The molecule has 1 atom stereocenters. The van der Waals surface area contributed by atoms with Crippen LogP contribution in [0.2, 0.25) is 0 Å². The zero-order valence-corrected chi connectivity index (χ0v) is 12.5. The highest BCUT2D eigenvalue weighted by Gasteiger charge is 2.36. The lowest BCUT2D eigenvalue weighted by Crippen LogP contribution is -2.49. The highest BCUT2D eigenvalue weighted by molar-refractivity contribution is 5.99. The number of β-lactam (4-membered cyclic amide) rings is 1. The van der Waals surface area contributed by atoms with Gasteiger partial charge in [-0.1, -0.05) is 42.5 Å². The van der Waals surface area contributed by atoms with E-state index in [2.05, 4.69) is 5.32 Å². The lowest BCUT2D eigenvalue weighted by Gasteiger charge is -2.37.